The summed E-state index contributed by atoms with van der Waals surface area (Å²) in [6, 6.07) is 17.6. The van der Waals surface area contributed by atoms with Crippen molar-refractivity contribution in [3.8, 4) is 5.75 Å². The molecular formula is C27H29ClN2O2. The Morgan fingerprint density at radius 2 is 1.84 bits per heavy atom. The third kappa shape index (κ3) is 6.35. The summed E-state index contributed by atoms with van der Waals surface area (Å²) in [6.45, 7) is 2.53. The summed E-state index contributed by atoms with van der Waals surface area (Å²) in [5, 5.41) is 4.23. The summed E-state index contributed by atoms with van der Waals surface area (Å²) in [7, 11) is 1.71. The van der Waals surface area contributed by atoms with Gasteiger partial charge >= 0.3 is 0 Å². The molecule has 1 N–H and O–H groups in total. The number of nitrogens with one attached hydrogen (secondary N) is 1. The molecule has 1 saturated carbocycles. The molecular weight excluding hydrogens is 420 g/mol. The van der Waals surface area contributed by atoms with Crippen molar-refractivity contribution in [1.29, 1.82) is 0 Å². The van der Waals surface area contributed by atoms with Gasteiger partial charge in [0.05, 0.1) is 7.11 Å². The molecule has 1 aromatic heterocycles. The van der Waals surface area contributed by atoms with E-state index in [9.17, 15) is 4.79 Å². The van der Waals surface area contributed by atoms with Crippen LogP contribution in [0.1, 0.15) is 35.1 Å². The zero-order valence-corrected chi connectivity index (χ0v) is 19.1. The number of aryl methyl sites for hydroxylation is 2. The van der Waals surface area contributed by atoms with Gasteiger partial charge in [0.1, 0.15) is 5.75 Å². The Hall–Kier alpha value is -2.82. The lowest BCUT2D eigenvalue weighted by atomic mass is 10.1. The van der Waals surface area contributed by atoms with E-state index in [1.54, 1.807) is 17.7 Å². The first-order valence-electron chi connectivity index (χ1n) is 11.1. The van der Waals surface area contributed by atoms with Crippen molar-refractivity contribution < 1.29 is 4.74 Å². The van der Waals surface area contributed by atoms with Crippen LogP contribution in [0, 0.1) is 5.92 Å². The summed E-state index contributed by atoms with van der Waals surface area (Å²) >= 11 is 5.92. The minimum atomic E-state index is -0.00360. The van der Waals surface area contributed by atoms with E-state index in [4.69, 9.17) is 16.3 Å². The molecule has 0 aliphatic heterocycles. The van der Waals surface area contributed by atoms with Gasteiger partial charge in [-0.3, -0.25) is 4.79 Å². The van der Waals surface area contributed by atoms with E-state index in [1.807, 2.05) is 48.7 Å². The van der Waals surface area contributed by atoms with Crippen LogP contribution in [0.25, 0.3) is 12.2 Å². The maximum absolute atomic E-state index is 12.6. The fraction of sp³-hybridized carbons (Fsp3) is 0.296. The average Bonchev–Trinajstić information content (AvgIpc) is 3.63. The molecule has 1 aliphatic carbocycles. The number of hydrogen-bond acceptors (Lipinski definition) is 3. The van der Waals surface area contributed by atoms with E-state index in [0.29, 0.717) is 11.6 Å². The lowest BCUT2D eigenvalue weighted by molar-refractivity contribution is 0.406. The van der Waals surface area contributed by atoms with E-state index >= 15 is 0 Å². The van der Waals surface area contributed by atoms with Gasteiger partial charge in [0.15, 0.2) is 0 Å². The molecule has 32 heavy (non-hydrogen) atoms. The maximum atomic E-state index is 12.6. The third-order valence-corrected chi connectivity index (χ3v) is 6.05. The molecule has 1 aliphatic rings. The minimum absolute atomic E-state index is 0.00360. The highest BCUT2D eigenvalue weighted by atomic mass is 35.5. The Labute approximate surface area is 194 Å². The highest BCUT2D eigenvalue weighted by Gasteiger charge is 2.20. The molecule has 0 saturated heterocycles. The molecule has 166 valence electrons. The molecule has 0 bridgehead atoms. The predicted molar refractivity (Wildman–Crippen MR) is 132 cm³/mol. The van der Waals surface area contributed by atoms with Crippen molar-refractivity contribution >= 4 is 23.8 Å². The second-order valence-electron chi connectivity index (χ2n) is 8.35. The molecule has 0 spiro atoms. The van der Waals surface area contributed by atoms with Gasteiger partial charge in [0.25, 0.3) is 5.56 Å². The smallest absolute Gasteiger partial charge is 0.251 e. The van der Waals surface area contributed by atoms with Crippen LogP contribution in [-0.2, 0) is 19.5 Å². The largest absolute Gasteiger partial charge is 0.496 e. The van der Waals surface area contributed by atoms with Gasteiger partial charge in [-0.2, -0.15) is 0 Å². The van der Waals surface area contributed by atoms with Crippen LogP contribution in [0.2, 0.25) is 5.02 Å². The van der Waals surface area contributed by atoms with Crippen LogP contribution in [0.5, 0.6) is 5.75 Å². The van der Waals surface area contributed by atoms with E-state index < -0.39 is 0 Å². The first-order valence-corrected chi connectivity index (χ1v) is 11.5. The quantitative estimate of drug-likeness (QED) is 0.450. The first-order chi connectivity index (χ1) is 15.6. The number of pyridine rings is 1. The van der Waals surface area contributed by atoms with Crippen LogP contribution in [0.15, 0.2) is 65.6 Å². The van der Waals surface area contributed by atoms with Crippen LogP contribution in [0.4, 0.5) is 0 Å². The standard InChI is InChI=1S/C27H29ClN2O2/c1-32-26-16-21(6-9-24(26)19-29-18-23-4-5-23)12-14-30-15-13-22(17-27(30)31)3-2-20-7-10-25(28)11-8-20/h2-3,6-11,13,15-17,23,29H,4-5,12,14,18-19H2,1H3. The molecule has 0 unspecified atom stereocenters. The Balaban J connectivity index is 1.35. The second-order valence-corrected chi connectivity index (χ2v) is 8.78. The average molecular weight is 449 g/mol. The van der Waals surface area contributed by atoms with Gasteiger partial charge in [-0.15, -0.1) is 0 Å². The summed E-state index contributed by atoms with van der Waals surface area (Å²) in [6.07, 6.45) is 9.24. The van der Waals surface area contributed by atoms with Crippen molar-refractivity contribution in [2.45, 2.75) is 32.4 Å². The number of aromatic nitrogens is 1. The summed E-state index contributed by atoms with van der Waals surface area (Å²) in [4.78, 5) is 12.6. The monoisotopic (exact) mass is 448 g/mol. The van der Waals surface area contributed by atoms with Crippen LogP contribution < -0.4 is 15.6 Å². The Morgan fingerprint density at radius 3 is 2.56 bits per heavy atom. The highest BCUT2D eigenvalue weighted by molar-refractivity contribution is 6.30. The van der Waals surface area contributed by atoms with Gasteiger partial charge < -0.3 is 14.6 Å². The molecule has 1 heterocycles. The summed E-state index contributed by atoms with van der Waals surface area (Å²) < 4.78 is 7.34. The predicted octanol–water partition coefficient (Wildman–Crippen LogP) is 5.42. The zero-order valence-electron chi connectivity index (χ0n) is 18.4. The molecule has 5 heteroatoms. The Kier molecular flexibility index (Phi) is 7.46. The minimum Gasteiger partial charge on any atom is -0.496 e. The molecule has 3 aromatic rings. The van der Waals surface area contributed by atoms with Gasteiger partial charge in [0, 0.05) is 35.9 Å². The van der Waals surface area contributed by atoms with Gasteiger partial charge in [-0.05, 0) is 72.7 Å². The van der Waals surface area contributed by atoms with E-state index in [2.05, 4.69) is 23.5 Å². The summed E-state index contributed by atoms with van der Waals surface area (Å²) in [5.74, 6) is 1.76. The normalized spacial score (nSPS) is 13.6. The highest BCUT2D eigenvalue weighted by Crippen LogP contribution is 2.28. The topological polar surface area (TPSA) is 43.3 Å². The second kappa shape index (κ2) is 10.7. The van der Waals surface area contributed by atoms with E-state index in [-0.39, 0.29) is 5.56 Å². The zero-order chi connectivity index (χ0) is 22.3. The van der Waals surface area contributed by atoms with Gasteiger partial charge in [0.2, 0.25) is 0 Å². The molecule has 1 fully saturated rings. The fourth-order valence-electron chi connectivity index (χ4n) is 3.65. The van der Waals surface area contributed by atoms with E-state index in [1.165, 1.54) is 18.4 Å². The number of hydrogen-bond donors (Lipinski definition) is 1. The van der Waals surface area contributed by atoms with Gasteiger partial charge in [-0.25, -0.2) is 0 Å². The number of halogens is 1. The third-order valence-electron chi connectivity index (χ3n) is 5.80. The van der Waals surface area contributed by atoms with Crippen molar-refractivity contribution in [3.63, 3.8) is 0 Å². The van der Waals surface area contributed by atoms with Crippen molar-refractivity contribution in [2.75, 3.05) is 13.7 Å². The first kappa shape index (κ1) is 22.4. The lowest BCUT2D eigenvalue weighted by Crippen LogP contribution is -2.20. The van der Waals surface area contributed by atoms with Crippen LogP contribution in [0.3, 0.4) is 0 Å². The van der Waals surface area contributed by atoms with Crippen molar-refractivity contribution in [3.05, 3.63) is 98.4 Å². The number of benzene rings is 2. The van der Waals surface area contributed by atoms with Crippen molar-refractivity contribution in [1.82, 2.24) is 9.88 Å². The molecule has 0 atom stereocenters. The molecule has 4 nitrogen and oxygen atoms in total. The Bertz CT molecular complexity index is 1130. The molecule has 4 rings (SSSR count). The SMILES string of the molecule is COc1cc(CCn2ccc(C=Cc3ccc(Cl)cc3)cc2=O)ccc1CNCC1CC1. The maximum Gasteiger partial charge on any atom is 0.251 e. The molecule has 0 radical (unpaired) electrons. The lowest BCUT2D eigenvalue weighted by Gasteiger charge is -2.12. The number of rotatable bonds is 10. The van der Waals surface area contributed by atoms with Crippen LogP contribution in [-0.4, -0.2) is 18.2 Å². The van der Waals surface area contributed by atoms with E-state index in [0.717, 1.165) is 47.9 Å². The fourth-order valence-corrected chi connectivity index (χ4v) is 3.78. The van der Waals surface area contributed by atoms with Crippen molar-refractivity contribution in [2.24, 2.45) is 5.92 Å². The summed E-state index contributed by atoms with van der Waals surface area (Å²) in [5.41, 5.74) is 4.25. The molecule has 2 aromatic carbocycles. The number of methoxy groups -OCH3 is 1. The van der Waals surface area contributed by atoms with Gasteiger partial charge in [-0.1, -0.05) is 48.0 Å². The number of ether oxygens (including phenoxy) is 1. The number of nitrogens with zero attached hydrogens (tertiary/aromatic N) is 1. The Morgan fingerprint density at radius 1 is 1.06 bits per heavy atom. The molecule has 0 amide bonds. The van der Waals surface area contributed by atoms with Crippen LogP contribution >= 0.6 is 11.6 Å².